The Balaban J connectivity index is 1.49. The van der Waals surface area contributed by atoms with Gasteiger partial charge >= 0.3 is 0 Å². The predicted octanol–water partition coefficient (Wildman–Crippen LogP) is 3.98. The van der Waals surface area contributed by atoms with Crippen LogP contribution in [0.2, 0.25) is 0 Å². The maximum atomic E-state index is 5.47. The molecule has 0 spiro atoms. The first-order valence-electron chi connectivity index (χ1n) is 9.77. The third kappa shape index (κ3) is 4.26. The Hall–Kier alpha value is -3.28. The smallest absolute Gasteiger partial charge is 0.224 e. The van der Waals surface area contributed by atoms with Crippen LogP contribution >= 0.6 is 0 Å². The summed E-state index contributed by atoms with van der Waals surface area (Å²) >= 11 is 0. The zero-order chi connectivity index (χ0) is 20.2. The van der Waals surface area contributed by atoms with Gasteiger partial charge in [-0.2, -0.15) is 4.98 Å². The highest BCUT2D eigenvalue weighted by Gasteiger charge is 2.20. The molecular weight excluding hydrogens is 364 g/mol. The molecule has 6 heteroatoms. The highest BCUT2D eigenvalue weighted by atomic mass is 16.5. The number of hydrogen-bond acceptors (Lipinski definition) is 6. The van der Waals surface area contributed by atoms with Gasteiger partial charge in [-0.05, 0) is 48.2 Å². The summed E-state index contributed by atoms with van der Waals surface area (Å²) in [5.74, 6) is 3.11. The Bertz CT molecular complexity index is 1010. The van der Waals surface area contributed by atoms with E-state index in [4.69, 9.17) is 14.5 Å². The van der Waals surface area contributed by atoms with Crippen LogP contribution in [0, 0.1) is 6.92 Å². The first kappa shape index (κ1) is 19.1. The summed E-state index contributed by atoms with van der Waals surface area (Å²) in [6.45, 7) is 4.48. The minimum Gasteiger partial charge on any atom is -0.493 e. The number of fused-ring (bicyclic) bond motifs is 1. The quantitative estimate of drug-likeness (QED) is 0.687. The van der Waals surface area contributed by atoms with Gasteiger partial charge in [0.15, 0.2) is 11.5 Å². The summed E-state index contributed by atoms with van der Waals surface area (Å²) in [5, 5.41) is 3.33. The summed E-state index contributed by atoms with van der Waals surface area (Å²) < 4.78 is 10.9. The molecule has 1 N–H and O–H groups in total. The minimum absolute atomic E-state index is 0.641. The highest BCUT2D eigenvalue weighted by Crippen LogP contribution is 2.34. The van der Waals surface area contributed by atoms with Crippen LogP contribution in [0.1, 0.15) is 22.3 Å². The molecular formula is C23H26N4O2. The lowest BCUT2D eigenvalue weighted by Crippen LogP contribution is -2.31. The SMILES string of the molecule is COc1cc2c(cc1OC)CN(c1ccnc(NCc3cccc(C)c3)n1)CC2. The number of nitrogens with one attached hydrogen (secondary N) is 1. The summed E-state index contributed by atoms with van der Waals surface area (Å²) in [6.07, 6.45) is 2.75. The number of methoxy groups -OCH3 is 2. The van der Waals surface area contributed by atoms with Crippen molar-refractivity contribution in [1.29, 1.82) is 0 Å². The molecule has 6 nitrogen and oxygen atoms in total. The molecule has 0 amide bonds. The van der Waals surface area contributed by atoms with Gasteiger partial charge in [0.05, 0.1) is 14.2 Å². The number of ether oxygens (including phenoxy) is 2. The van der Waals surface area contributed by atoms with Crippen molar-refractivity contribution in [3.63, 3.8) is 0 Å². The second-order valence-corrected chi connectivity index (χ2v) is 7.23. The molecule has 0 aliphatic carbocycles. The molecule has 1 aliphatic heterocycles. The first-order valence-corrected chi connectivity index (χ1v) is 9.77. The van der Waals surface area contributed by atoms with Crippen molar-refractivity contribution >= 4 is 11.8 Å². The Morgan fingerprint density at radius 1 is 1.03 bits per heavy atom. The molecule has 29 heavy (non-hydrogen) atoms. The number of rotatable bonds is 6. The molecule has 1 aromatic heterocycles. The summed E-state index contributed by atoms with van der Waals surface area (Å²) in [4.78, 5) is 11.4. The van der Waals surface area contributed by atoms with Crippen LogP contribution < -0.4 is 19.7 Å². The van der Waals surface area contributed by atoms with Crippen molar-refractivity contribution < 1.29 is 9.47 Å². The lowest BCUT2D eigenvalue weighted by atomic mass is 9.99. The third-order valence-corrected chi connectivity index (χ3v) is 5.22. The molecule has 2 aromatic carbocycles. The van der Waals surface area contributed by atoms with Gasteiger partial charge in [-0.1, -0.05) is 29.8 Å². The van der Waals surface area contributed by atoms with Gasteiger partial charge in [0, 0.05) is 25.8 Å². The highest BCUT2D eigenvalue weighted by molar-refractivity contribution is 5.52. The van der Waals surface area contributed by atoms with E-state index in [0.29, 0.717) is 12.5 Å². The molecule has 0 atom stereocenters. The van der Waals surface area contributed by atoms with Gasteiger partial charge in [0.25, 0.3) is 0 Å². The monoisotopic (exact) mass is 390 g/mol. The predicted molar refractivity (Wildman–Crippen MR) is 115 cm³/mol. The van der Waals surface area contributed by atoms with Crippen LogP contribution in [-0.4, -0.2) is 30.7 Å². The van der Waals surface area contributed by atoms with E-state index in [-0.39, 0.29) is 0 Å². The number of anilines is 2. The molecule has 0 radical (unpaired) electrons. The fourth-order valence-corrected chi connectivity index (χ4v) is 3.69. The minimum atomic E-state index is 0.641. The fourth-order valence-electron chi connectivity index (χ4n) is 3.69. The van der Waals surface area contributed by atoms with Crippen LogP contribution in [-0.2, 0) is 19.5 Å². The van der Waals surface area contributed by atoms with E-state index in [1.165, 1.54) is 22.3 Å². The second-order valence-electron chi connectivity index (χ2n) is 7.23. The van der Waals surface area contributed by atoms with E-state index in [2.05, 4.69) is 58.5 Å². The standard InChI is InChI=1S/C23H26N4O2/c1-16-5-4-6-17(11-16)14-25-23-24-9-7-22(26-23)27-10-8-18-12-20(28-2)21(29-3)13-19(18)15-27/h4-7,9,11-13H,8,10,14-15H2,1-3H3,(H,24,25,26). The Labute approximate surface area is 171 Å². The van der Waals surface area contributed by atoms with Crippen molar-refractivity contribution in [3.8, 4) is 11.5 Å². The maximum absolute atomic E-state index is 5.47. The number of aryl methyl sites for hydroxylation is 1. The second kappa shape index (κ2) is 8.39. The van der Waals surface area contributed by atoms with E-state index in [1.807, 2.05) is 12.3 Å². The van der Waals surface area contributed by atoms with E-state index in [1.54, 1.807) is 14.2 Å². The van der Waals surface area contributed by atoms with E-state index < -0.39 is 0 Å². The molecule has 0 saturated heterocycles. The van der Waals surface area contributed by atoms with Crippen LogP contribution in [0.5, 0.6) is 11.5 Å². The first-order chi connectivity index (χ1) is 14.2. The molecule has 4 rings (SSSR count). The normalized spacial score (nSPS) is 13.0. The molecule has 0 saturated carbocycles. The molecule has 3 aromatic rings. The van der Waals surface area contributed by atoms with Crippen molar-refractivity contribution in [2.45, 2.75) is 26.4 Å². The molecule has 0 unspecified atom stereocenters. The van der Waals surface area contributed by atoms with E-state index in [0.717, 1.165) is 36.8 Å². The van der Waals surface area contributed by atoms with Crippen LogP contribution in [0.25, 0.3) is 0 Å². The van der Waals surface area contributed by atoms with E-state index >= 15 is 0 Å². The number of benzene rings is 2. The van der Waals surface area contributed by atoms with Gasteiger partial charge in [0.2, 0.25) is 5.95 Å². The van der Waals surface area contributed by atoms with Crippen molar-refractivity contribution in [2.24, 2.45) is 0 Å². The number of hydrogen-bond donors (Lipinski definition) is 1. The Morgan fingerprint density at radius 2 is 1.83 bits per heavy atom. The average molecular weight is 390 g/mol. The molecule has 1 aliphatic rings. The topological polar surface area (TPSA) is 59.5 Å². The number of nitrogens with zero attached hydrogens (tertiary/aromatic N) is 3. The Kier molecular flexibility index (Phi) is 5.51. The summed E-state index contributed by atoms with van der Waals surface area (Å²) in [7, 11) is 3.34. The molecule has 150 valence electrons. The average Bonchev–Trinajstić information content (AvgIpc) is 2.76. The summed E-state index contributed by atoms with van der Waals surface area (Å²) in [5.41, 5.74) is 5.00. The number of aromatic nitrogens is 2. The molecule has 2 heterocycles. The molecule has 0 fully saturated rings. The third-order valence-electron chi connectivity index (χ3n) is 5.22. The lowest BCUT2D eigenvalue weighted by Gasteiger charge is -2.30. The Morgan fingerprint density at radius 3 is 2.59 bits per heavy atom. The van der Waals surface area contributed by atoms with Gasteiger partial charge in [-0.3, -0.25) is 0 Å². The fraction of sp³-hybridized carbons (Fsp3) is 0.304. The van der Waals surface area contributed by atoms with Crippen LogP contribution in [0.15, 0.2) is 48.7 Å². The zero-order valence-corrected chi connectivity index (χ0v) is 17.1. The molecule has 0 bridgehead atoms. The van der Waals surface area contributed by atoms with Crippen LogP contribution in [0.3, 0.4) is 0 Å². The van der Waals surface area contributed by atoms with Crippen molar-refractivity contribution in [3.05, 3.63) is 70.9 Å². The zero-order valence-electron chi connectivity index (χ0n) is 17.1. The van der Waals surface area contributed by atoms with E-state index in [9.17, 15) is 0 Å². The van der Waals surface area contributed by atoms with Gasteiger partial charge in [0.1, 0.15) is 5.82 Å². The van der Waals surface area contributed by atoms with Crippen molar-refractivity contribution in [1.82, 2.24) is 9.97 Å². The van der Waals surface area contributed by atoms with Gasteiger partial charge in [-0.25, -0.2) is 4.98 Å². The maximum Gasteiger partial charge on any atom is 0.224 e. The van der Waals surface area contributed by atoms with Gasteiger partial charge in [-0.15, -0.1) is 0 Å². The lowest BCUT2D eigenvalue weighted by molar-refractivity contribution is 0.353. The van der Waals surface area contributed by atoms with Crippen LogP contribution in [0.4, 0.5) is 11.8 Å². The van der Waals surface area contributed by atoms with Crippen molar-refractivity contribution in [2.75, 3.05) is 31.0 Å². The summed E-state index contributed by atoms with van der Waals surface area (Å²) in [6, 6.07) is 14.5. The van der Waals surface area contributed by atoms with Gasteiger partial charge < -0.3 is 19.7 Å². The largest absolute Gasteiger partial charge is 0.493 e.